The number of piperidine rings is 1. The zero-order valence-electron chi connectivity index (χ0n) is 16.8. The Morgan fingerprint density at radius 2 is 1.97 bits per heavy atom. The van der Waals surface area contributed by atoms with Gasteiger partial charge in [-0.05, 0) is 62.7 Å². The molecule has 0 radical (unpaired) electrons. The predicted molar refractivity (Wildman–Crippen MR) is 109 cm³/mol. The van der Waals surface area contributed by atoms with Crippen molar-refractivity contribution in [2.24, 2.45) is 0 Å². The number of anilines is 1. The van der Waals surface area contributed by atoms with Crippen molar-refractivity contribution in [3.63, 3.8) is 0 Å². The van der Waals surface area contributed by atoms with Crippen LogP contribution in [0.5, 0.6) is 5.75 Å². The number of fused-ring (bicyclic) bond motifs is 1. The number of hydrogen-bond acceptors (Lipinski definition) is 5. The van der Waals surface area contributed by atoms with Crippen LogP contribution < -0.4 is 15.0 Å². The maximum atomic E-state index is 12.4. The van der Waals surface area contributed by atoms with E-state index in [0.717, 1.165) is 30.9 Å². The molecule has 2 aliphatic heterocycles. The number of likely N-dealkylation sites (tertiary alicyclic amines) is 1. The number of nitrogens with zero attached hydrogens (tertiary/aromatic N) is 2. The van der Waals surface area contributed by atoms with Gasteiger partial charge in [-0.2, -0.15) is 0 Å². The minimum atomic E-state index is -0.224. The van der Waals surface area contributed by atoms with Gasteiger partial charge >= 0.3 is 0 Å². The number of furan rings is 1. The summed E-state index contributed by atoms with van der Waals surface area (Å²) in [4.78, 5) is 28.7. The van der Waals surface area contributed by atoms with E-state index in [1.54, 1.807) is 17.0 Å². The molecule has 0 atom stereocenters. The standard InChI is InChI=1S/C22H27N3O4/c1-16-5-7-18-20(13-16)28-15-21(26)25(18)14-17-6-8-19(29-17)22(27)23-9-12-24-10-3-2-4-11-24/h5-8,13H,2-4,9-12,14-15H2,1H3,(H,23,27). The molecule has 7 heteroatoms. The molecule has 7 nitrogen and oxygen atoms in total. The Morgan fingerprint density at radius 1 is 1.14 bits per heavy atom. The van der Waals surface area contributed by atoms with Crippen LogP contribution in [0.25, 0.3) is 0 Å². The normalized spacial score (nSPS) is 17.0. The number of nitrogens with one attached hydrogen (secondary N) is 1. The number of rotatable bonds is 6. The molecule has 1 saturated heterocycles. The molecule has 1 aromatic heterocycles. The quantitative estimate of drug-likeness (QED) is 0.811. The maximum Gasteiger partial charge on any atom is 0.287 e. The van der Waals surface area contributed by atoms with Gasteiger partial charge in [0.15, 0.2) is 12.4 Å². The molecule has 154 valence electrons. The molecule has 0 aliphatic carbocycles. The molecule has 2 aromatic rings. The summed E-state index contributed by atoms with van der Waals surface area (Å²) in [5.74, 6) is 1.16. The monoisotopic (exact) mass is 397 g/mol. The lowest BCUT2D eigenvalue weighted by molar-refractivity contribution is -0.121. The van der Waals surface area contributed by atoms with Crippen LogP contribution in [-0.2, 0) is 11.3 Å². The van der Waals surface area contributed by atoms with Crippen LogP contribution in [-0.4, -0.2) is 49.5 Å². The molecule has 29 heavy (non-hydrogen) atoms. The lowest BCUT2D eigenvalue weighted by Crippen LogP contribution is -2.38. The van der Waals surface area contributed by atoms with Crippen molar-refractivity contribution in [1.82, 2.24) is 10.2 Å². The number of aryl methyl sites for hydroxylation is 1. The third-order valence-electron chi connectivity index (χ3n) is 5.42. The highest BCUT2D eigenvalue weighted by Crippen LogP contribution is 2.34. The summed E-state index contributed by atoms with van der Waals surface area (Å²) in [6.07, 6.45) is 3.77. The van der Waals surface area contributed by atoms with Crippen molar-refractivity contribution in [3.8, 4) is 5.75 Å². The van der Waals surface area contributed by atoms with Gasteiger partial charge in [-0.1, -0.05) is 12.5 Å². The molecule has 1 N–H and O–H groups in total. The van der Waals surface area contributed by atoms with Gasteiger partial charge in [0.25, 0.3) is 11.8 Å². The average molecular weight is 397 g/mol. The van der Waals surface area contributed by atoms with E-state index in [-0.39, 0.29) is 30.7 Å². The predicted octanol–water partition coefficient (Wildman–Crippen LogP) is 2.73. The van der Waals surface area contributed by atoms with Crippen LogP contribution in [0.3, 0.4) is 0 Å². The van der Waals surface area contributed by atoms with E-state index in [1.165, 1.54) is 19.3 Å². The van der Waals surface area contributed by atoms with Gasteiger partial charge in [-0.3, -0.25) is 14.5 Å². The van der Waals surface area contributed by atoms with E-state index < -0.39 is 0 Å². The molecular weight excluding hydrogens is 370 g/mol. The number of hydrogen-bond donors (Lipinski definition) is 1. The molecule has 2 aliphatic rings. The lowest BCUT2D eigenvalue weighted by atomic mass is 10.1. The Balaban J connectivity index is 1.35. The van der Waals surface area contributed by atoms with Gasteiger partial charge in [0.1, 0.15) is 11.5 Å². The fraction of sp³-hybridized carbons (Fsp3) is 0.455. The Labute approximate surface area is 170 Å². The van der Waals surface area contributed by atoms with Crippen molar-refractivity contribution in [3.05, 3.63) is 47.4 Å². The fourth-order valence-electron chi connectivity index (χ4n) is 3.82. The first-order valence-corrected chi connectivity index (χ1v) is 10.2. The minimum Gasteiger partial charge on any atom is -0.482 e. The number of carbonyl (C=O) groups excluding carboxylic acids is 2. The molecular formula is C22H27N3O4. The summed E-state index contributed by atoms with van der Waals surface area (Å²) in [7, 11) is 0. The first kappa shape index (κ1) is 19.5. The number of carbonyl (C=O) groups is 2. The molecule has 1 fully saturated rings. The van der Waals surface area contributed by atoms with E-state index in [2.05, 4.69) is 10.2 Å². The van der Waals surface area contributed by atoms with Crippen molar-refractivity contribution in [2.45, 2.75) is 32.7 Å². The molecule has 0 saturated carbocycles. The Kier molecular flexibility index (Phi) is 5.85. The summed E-state index contributed by atoms with van der Waals surface area (Å²) >= 11 is 0. The summed E-state index contributed by atoms with van der Waals surface area (Å²) in [5.41, 5.74) is 1.79. The Hall–Kier alpha value is -2.80. The van der Waals surface area contributed by atoms with E-state index in [4.69, 9.17) is 9.15 Å². The zero-order chi connectivity index (χ0) is 20.2. The number of amides is 2. The second kappa shape index (κ2) is 8.69. The summed E-state index contributed by atoms with van der Waals surface area (Å²) in [5, 5.41) is 2.92. The Morgan fingerprint density at radius 3 is 2.79 bits per heavy atom. The second-order valence-corrected chi connectivity index (χ2v) is 7.66. The summed E-state index contributed by atoms with van der Waals surface area (Å²) in [6.45, 7) is 5.92. The third-order valence-corrected chi connectivity index (χ3v) is 5.42. The molecule has 0 spiro atoms. The van der Waals surface area contributed by atoms with Crippen molar-refractivity contribution in [2.75, 3.05) is 37.7 Å². The van der Waals surface area contributed by atoms with E-state index in [0.29, 0.717) is 18.1 Å². The van der Waals surface area contributed by atoms with E-state index in [9.17, 15) is 9.59 Å². The topological polar surface area (TPSA) is 75.0 Å². The highest BCUT2D eigenvalue weighted by Gasteiger charge is 2.27. The first-order chi connectivity index (χ1) is 14.1. The van der Waals surface area contributed by atoms with E-state index in [1.807, 2.05) is 25.1 Å². The fourth-order valence-corrected chi connectivity index (χ4v) is 3.82. The maximum absolute atomic E-state index is 12.4. The van der Waals surface area contributed by atoms with Gasteiger partial charge in [-0.15, -0.1) is 0 Å². The molecule has 1 aromatic carbocycles. The van der Waals surface area contributed by atoms with Crippen LogP contribution >= 0.6 is 0 Å². The number of ether oxygens (including phenoxy) is 1. The zero-order valence-corrected chi connectivity index (χ0v) is 16.8. The largest absolute Gasteiger partial charge is 0.482 e. The molecule has 4 rings (SSSR count). The average Bonchev–Trinajstić information content (AvgIpc) is 3.20. The van der Waals surface area contributed by atoms with Gasteiger partial charge < -0.3 is 19.4 Å². The van der Waals surface area contributed by atoms with Crippen LogP contribution in [0, 0.1) is 6.92 Å². The SMILES string of the molecule is Cc1ccc2c(c1)OCC(=O)N2Cc1ccc(C(=O)NCCN2CCCCC2)o1. The number of benzene rings is 1. The van der Waals surface area contributed by atoms with Gasteiger partial charge in [0.2, 0.25) is 0 Å². The summed E-state index contributed by atoms with van der Waals surface area (Å²) in [6, 6.07) is 9.14. The van der Waals surface area contributed by atoms with Crippen LogP contribution in [0.1, 0.15) is 41.1 Å². The minimum absolute atomic E-state index is 0.000997. The van der Waals surface area contributed by atoms with Gasteiger partial charge in [0.05, 0.1) is 12.2 Å². The van der Waals surface area contributed by atoms with Crippen molar-refractivity contribution < 1.29 is 18.7 Å². The highest BCUT2D eigenvalue weighted by molar-refractivity contribution is 5.97. The molecule has 2 amide bonds. The van der Waals surface area contributed by atoms with Crippen molar-refractivity contribution in [1.29, 1.82) is 0 Å². The van der Waals surface area contributed by atoms with E-state index >= 15 is 0 Å². The lowest BCUT2D eigenvalue weighted by Gasteiger charge is -2.28. The van der Waals surface area contributed by atoms with Crippen molar-refractivity contribution >= 4 is 17.5 Å². The molecule has 0 unspecified atom stereocenters. The molecule has 3 heterocycles. The van der Waals surface area contributed by atoms with Crippen LogP contribution in [0.2, 0.25) is 0 Å². The Bertz CT molecular complexity index is 886. The second-order valence-electron chi connectivity index (χ2n) is 7.66. The van der Waals surface area contributed by atoms with Gasteiger partial charge in [0, 0.05) is 13.1 Å². The highest BCUT2D eigenvalue weighted by atomic mass is 16.5. The summed E-state index contributed by atoms with van der Waals surface area (Å²) < 4.78 is 11.2. The molecule has 0 bridgehead atoms. The van der Waals surface area contributed by atoms with Crippen LogP contribution in [0.15, 0.2) is 34.7 Å². The third kappa shape index (κ3) is 4.62. The smallest absolute Gasteiger partial charge is 0.287 e. The first-order valence-electron chi connectivity index (χ1n) is 10.2. The van der Waals surface area contributed by atoms with Crippen LogP contribution in [0.4, 0.5) is 5.69 Å². The van der Waals surface area contributed by atoms with Gasteiger partial charge in [-0.25, -0.2) is 0 Å².